The first-order valence-electron chi connectivity index (χ1n) is 10.7. The van der Waals surface area contributed by atoms with Gasteiger partial charge in [0.15, 0.2) is 0 Å². The first-order chi connectivity index (χ1) is 13.7. The number of halogens is 1. The fourth-order valence-corrected chi connectivity index (χ4v) is 9.88. The molecule has 2 heterocycles. The quantitative estimate of drug-likeness (QED) is 0.704. The standard InChI is InChI=1S/C22H29FN2OS2/c23-19-6-1-2-7-20(19)24-8-10-25(11-9-24)21(26)16-14-17-4-3-5-18(15-16)22(17)27-12-13-28-22/h1-2,6-7,16-18H,3-5,8-15H2. The largest absolute Gasteiger partial charge is 0.366 e. The molecule has 1 aromatic carbocycles. The Bertz CT molecular complexity index is 715. The summed E-state index contributed by atoms with van der Waals surface area (Å²) in [6.45, 7) is 2.88. The minimum absolute atomic E-state index is 0.167. The molecule has 2 atom stereocenters. The lowest BCUT2D eigenvalue weighted by atomic mass is 9.66. The van der Waals surface area contributed by atoms with Crippen molar-refractivity contribution in [3.63, 3.8) is 0 Å². The summed E-state index contributed by atoms with van der Waals surface area (Å²) in [6.07, 6.45) is 6.13. The molecular weight excluding hydrogens is 391 g/mol. The lowest BCUT2D eigenvalue weighted by Gasteiger charge is -2.52. The van der Waals surface area contributed by atoms with Crippen molar-refractivity contribution in [1.29, 1.82) is 0 Å². The predicted molar refractivity (Wildman–Crippen MR) is 116 cm³/mol. The first-order valence-corrected chi connectivity index (χ1v) is 12.7. The molecule has 1 aromatic rings. The van der Waals surface area contributed by atoms with E-state index in [1.165, 1.54) is 36.8 Å². The second-order valence-corrected chi connectivity index (χ2v) is 11.7. The Hall–Kier alpha value is -0.880. The molecule has 2 bridgehead atoms. The topological polar surface area (TPSA) is 23.6 Å². The Morgan fingerprint density at radius 3 is 2.29 bits per heavy atom. The molecule has 3 nitrogen and oxygen atoms in total. The van der Waals surface area contributed by atoms with Gasteiger partial charge in [0.1, 0.15) is 5.82 Å². The minimum atomic E-state index is -0.167. The van der Waals surface area contributed by atoms with Crippen LogP contribution in [0.25, 0.3) is 0 Å². The van der Waals surface area contributed by atoms with E-state index in [2.05, 4.69) is 33.3 Å². The SMILES string of the molecule is O=C(C1CC2CCCC(C1)C21SCCS1)N1CCN(c2ccccc2F)CC1. The molecule has 152 valence electrons. The molecule has 5 rings (SSSR count). The van der Waals surface area contributed by atoms with Gasteiger partial charge in [-0.2, -0.15) is 0 Å². The summed E-state index contributed by atoms with van der Waals surface area (Å²) in [7, 11) is 0. The average molecular weight is 421 g/mol. The van der Waals surface area contributed by atoms with E-state index in [-0.39, 0.29) is 11.7 Å². The number of thioether (sulfide) groups is 2. The van der Waals surface area contributed by atoms with Crippen LogP contribution < -0.4 is 4.90 Å². The van der Waals surface area contributed by atoms with Gasteiger partial charge in [0.05, 0.1) is 9.77 Å². The number of amides is 1. The smallest absolute Gasteiger partial charge is 0.225 e. The number of anilines is 1. The summed E-state index contributed by atoms with van der Waals surface area (Å²) < 4.78 is 14.5. The van der Waals surface area contributed by atoms with E-state index in [1.54, 1.807) is 6.07 Å². The number of hydrogen-bond acceptors (Lipinski definition) is 4. The van der Waals surface area contributed by atoms with Crippen LogP contribution in [-0.4, -0.2) is 52.6 Å². The van der Waals surface area contributed by atoms with Crippen molar-refractivity contribution in [2.45, 2.75) is 36.2 Å². The van der Waals surface area contributed by atoms with E-state index >= 15 is 0 Å². The van der Waals surface area contributed by atoms with Crippen LogP contribution in [0.15, 0.2) is 24.3 Å². The molecule has 4 aliphatic rings. The third kappa shape index (κ3) is 3.24. The normalized spacial score (nSPS) is 32.0. The Morgan fingerprint density at radius 1 is 1.00 bits per heavy atom. The monoisotopic (exact) mass is 420 g/mol. The Kier molecular flexibility index (Phi) is 5.29. The van der Waals surface area contributed by atoms with Crippen LogP contribution in [0.5, 0.6) is 0 Å². The number of carbonyl (C=O) groups is 1. The third-order valence-corrected chi connectivity index (χ3v) is 11.3. The molecule has 2 saturated heterocycles. The molecule has 0 N–H and O–H groups in total. The van der Waals surface area contributed by atoms with Crippen LogP contribution in [0.3, 0.4) is 0 Å². The molecule has 2 unspecified atom stereocenters. The number of rotatable bonds is 2. The zero-order chi connectivity index (χ0) is 19.1. The molecule has 2 aliphatic carbocycles. The number of para-hydroxylation sites is 1. The van der Waals surface area contributed by atoms with E-state index in [4.69, 9.17) is 0 Å². The van der Waals surface area contributed by atoms with E-state index in [9.17, 15) is 9.18 Å². The molecule has 0 radical (unpaired) electrons. The summed E-state index contributed by atoms with van der Waals surface area (Å²) in [6, 6.07) is 6.96. The van der Waals surface area contributed by atoms with Gasteiger partial charge in [0.2, 0.25) is 5.91 Å². The van der Waals surface area contributed by atoms with E-state index in [0.717, 1.165) is 25.9 Å². The van der Waals surface area contributed by atoms with Gasteiger partial charge in [-0.05, 0) is 49.7 Å². The number of carbonyl (C=O) groups excluding carboxylic acids is 1. The molecule has 1 spiro atoms. The fourth-order valence-electron chi connectivity index (χ4n) is 5.94. The van der Waals surface area contributed by atoms with Crippen LogP contribution in [0.1, 0.15) is 32.1 Å². The number of benzene rings is 1. The Balaban J connectivity index is 1.23. The summed E-state index contributed by atoms with van der Waals surface area (Å²) in [4.78, 5) is 17.5. The molecule has 28 heavy (non-hydrogen) atoms. The summed E-state index contributed by atoms with van der Waals surface area (Å²) in [5.74, 6) is 4.41. The van der Waals surface area contributed by atoms with Gasteiger partial charge >= 0.3 is 0 Å². The van der Waals surface area contributed by atoms with Crippen LogP contribution in [0.4, 0.5) is 10.1 Å². The number of piperazine rings is 1. The van der Waals surface area contributed by atoms with Crippen LogP contribution in [0.2, 0.25) is 0 Å². The maximum absolute atomic E-state index is 14.1. The summed E-state index contributed by atoms with van der Waals surface area (Å²) >= 11 is 4.40. The van der Waals surface area contributed by atoms with E-state index < -0.39 is 0 Å². The number of hydrogen-bond donors (Lipinski definition) is 0. The van der Waals surface area contributed by atoms with Crippen molar-refractivity contribution in [2.75, 3.05) is 42.6 Å². The van der Waals surface area contributed by atoms with Crippen molar-refractivity contribution in [3.05, 3.63) is 30.1 Å². The van der Waals surface area contributed by atoms with Crippen molar-refractivity contribution in [3.8, 4) is 0 Å². The van der Waals surface area contributed by atoms with Gasteiger partial charge in [0.25, 0.3) is 0 Å². The van der Waals surface area contributed by atoms with Crippen molar-refractivity contribution >= 4 is 35.1 Å². The molecule has 4 fully saturated rings. The Morgan fingerprint density at radius 2 is 1.64 bits per heavy atom. The molecule has 0 aromatic heterocycles. The molecule has 2 saturated carbocycles. The maximum atomic E-state index is 14.1. The van der Waals surface area contributed by atoms with Crippen LogP contribution >= 0.6 is 23.5 Å². The Labute approximate surface area is 175 Å². The summed E-state index contributed by atoms with van der Waals surface area (Å²) in [5.41, 5.74) is 0.666. The lowest BCUT2D eigenvalue weighted by Crippen LogP contribution is -2.54. The lowest BCUT2D eigenvalue weighted by molar-refractivity contribution is -0.138. The van der Waals surface area contributed by atoms with Gasteiger partial charge in [-0.3, -0.25) is 4.79 Å². The van der Waals surface area contributed by atoms with E-state index in [0.29, 0.717) is 40.6 Å². The first kappa shape index (κ1) is 19.1. The van der Waals surface area contributed by atoms with Gasteiger partial charge < -0.3 is 9.80 Å². The molecule has 2 aliphatic heterocycles. The molecule has 1 amide bonds. The number of nitrogens with zero attached hydrogens (tertiary/aromatic N) is 2. The van der Waals surface area contributed by atoms with Gasteiger partial charge in [-0.25, -0.2) is 4.39 Å². The van der Waals surface area contributed by atoms with E-state index in [1.807, 2.05) is 12.1 Å². The molecule has 6 heteroatoms. The highest BCUT2D eigenvalue weighted by molar-refractivity contribution is 8.21. The van der Waals surface area contributed by atoms with Crippen LogP contribution in [-0.2, 0) is 4.79 Å². The molecular formula is C22H29FN2OS2. The third-order valence-electron chi connectivity index (χ3n) is 7.25. The van der Waals surface area contributed by atoms with Crippen LogP contribution in [0, 0.1) is 23.6 Å². The van der Waals surface area contributed by atoms with Crippen molar-refractivity contribution in [1.82, 2.24) is 4.90 Å². The van der Waals surface area contributed by atoms with Gasteiger partial charge in [0, 0.05) is 43.6 Å². The minimum Gasteiger partial charge on any atom is -0.366 e. The summed E-state index contributed by atoms with van der Waals surface area (Å²) in [5, 5.41) is 0. The highest BCUT2D eigenvalue weighted by Crippen LogP contribution is 2.64. The van der Waals surface area contributed by atoms with Gasteiger partial charge in [-0.1, -0.05) is 18.6 Å². The van der Waals surface area contributed by atoms with Crippen molar-refractivity contribution < 1.29 is 9.18 Å². The zero-order valence-electron chi connectivity index (χ0n) is 16.3. The maximum Gasteiger partial charge on any atom is 0.225 e. The zero-order valence-corrected chi connectivity index (χ0v) is 17.9. The second-order valence-electron chi connectivity index (χ2n) is 8.68. The van der Waals surface area contributed by atoms with Gasteiger partial charge in [-0.15, -0.1) is 23.5 Å². The van der Waals surface area contributed by atoms with Crippen molar-refractivity contribution in [2.24, 2.45) is 17.8 Å². The highest BCUT2D eigenvalue weighted by Gasteiger charge is 2.55. The average Bonchev–Trinajstić information content (AvgIpc) is 3.17. The highest BCUT2D eigenvalue weighted by atomic mass is 32.2. The second kappa shape index (κ2) is 7.75. The predicted octanol–water partition coefficient (Wildman–Crippen LogP) is 4.48. The fraction of sp³-hybridized carbons (Fsp3) is 0.682.